The number of nitrogens with zero attached hydrogens (tertiary/aromatic N) is 1. The number of fused-ring (bicyclic) bond motifs is 1. The fourth-order valence-electron chi connectivity index (χ4n) is 1.73. The molecule has 0 spiro atoms. The van der Waals surface area contributed by atoms with Crippen molar-refractivity contribution in [1.29, 1.82) is 0 Å². The summed E-state index contributed by atoms with van der Waals surface area (Å²) in [4.78, 5) is 4.30. The van der Waals surface area contributed by atoms with Crippen molar-refractivity contribution in [2.75, 3.05) is 0 Å². The molecule has 1 aromatic heterocycles. The van der Waals surface area contributed by atoms with Crippen LogP contribution in [0.3, 0.4) is 0 Å². The first-order chi connectivity index (χ1) is 6.68. The van der Waals surface area contributed by atoms with E-state index in [0.29, 0.717) is 0 Å². The summed E-state index contributed by atoms with van der Waals surface area (Å²) in [6, 6.07) is 8.31. The highest BCUT2D eigenvalue weighted by Gasteiger charge is 2.05. The maximum atomic E-state index is 5.89. The van der Waals surface area contributed by atoms with Gasteiger partial charge in [-0.2, -0.15) is 0 Å². The van der Waals surface area contributed by atoms with Gasteiger partial charge in [-0.15, -0.1) is 0 Å². The van der Waals surface area contributed by atoms with Crippen LogP contribution >= 0.6 is 0 Å². The van der Waals surface area contributed by atoms with Crippen LogP contribution in [0.4, 0.5) is 0 Å². The molecule has 0 amide bonds. The Balaban J connectivity index is 2.71. The Bertz CT molecular complexity index is 461. The number of nitrogens with two attached hydrogens (primary N) is 1. The van der Waals surface area contributed by atoms with E-state index in [2.05, 4.69) is 30.1 Å². The second-order valence-corrected chi connectivity index (χ2v) is 3.69. The third-order valence-electron chi connectivity index (χ3n) is 2.48. The summed E-state index contributed by atoms with van der Waals surface area (Å²) in [5, 5.41) is 1.16. The number of hydrogen-bond donors (Lipinski definition) is 1. The lowest BCUT2D eigenvalue weighted by molar-refractivity contribution is 0.812. The molecule has 0 radical (unpaired) electrons. The van der Waals surface area contributed by atoms with Gasteiger partial charge in [-0.05, 0) is 43.2 Å². The van der Waals surface area contributed by atoms with Gasteiger partial charge in [-0.3, -0.25) is 4.98 Å². The van der Waals surface area contributed by atoms with Crippen molar-refractivity contribution in [1.82, 2.24) is 4.98 Å². The van der Waals surface area contributed by atoms with Crippen LogP contribution < -0.4 is 5.73 Å². The number of aryl methyl sites for hydroxylation is 1. The first-order valence-corrected chi connectivity index (χ1v) is 4.79. The van der Waals surface area contributed by atoms with Crippen LogP contribution in [-0.2, 0) is 0 Å². The largest absolute Gasteiger partial charge is 0.324 e. The van der Waals surface area contributed by atoms with Crippen LogP contribution in [-0.4, -0.2) is 4.98 Å². The van der Waals surface area contributed by atoms with E-state index >= 15 is 0 Å². The highest BCUT2D eigenvalue weighted by atomic mass is 14.6. The second-order valence-electron chi connectivity index (χ2n) is 3.69. The van der Waals surface area contributed by atoms with Crippen molar-refractivity contribution in [3.8, 4) is 0 Å². The van der Waals surface area contributed by atoms with Gasteiger partial charge in [-0.25, -0.2) is 0 Å². The molecule has 0 aliphatic carbocycles. The highest BCUT2D eigenvalue weighted by Crippen LogP contribution is 2.21. The molecule has 0 aliphatic heterocycles. The molecule has 2 heteroatoms. The summed E-state index contributed by atoms with van der Waals surface area (Å²) >= 11 is 0. The number of hydrogen-bond acceptors (Lipinski definition) is 2. The molecule has 1 aromatic carbocycles. The van der Waals surface area contributed by atoms with Crippen molar-refractivity contribution in [3.63, 3.8) is 0 Å². The lowest BCUT2D eigenvalue weighted by Crippen LogP contribution is -2.06. The van der Waals surface area contributed by atoms with Crippen LogP contribution in [0.5, 0.6) is 0 Å². The summed E-state index contributed by atoms with van der Waals surface area (Å²) in [5.41, 5.74) is 9.34. The first kappa shape index (κ1) is 9.16. The summed E-state index contributed by atoms with van der Waals surface area (Å²) in [6.45, 7) is 4.08. The lowest BCUT2D eigenvalue weighted by atomic mass is 10.0. The van der Waals surface area contributed by atoms with E-state index < -0.39 is 0 Å². The van der Waals surface area contributed by atoms with Crippen LogP contribution in [0, 0.1) is 6.92 Å². The number of rotatable bonds is 1. The molecule has 0 aliphatic rings. The van der Waals surface area contributed by atoms with Gasteiger partial charge in [0.2, 0.25) is 0 Å². The molecule has 2 rings (SSSR count). The topological polar surface area (TPSA) is 38.9 Å². The van der Waals surface area contributed by atoms with E-state index in [0.717, 1.165) is 10.9 Å². The van der Waals surface area contributed by atoms with Crippen molar-refractivity contribution in [3.05, 3.63) is 41.6 Å². The van der Waals surface area contributed by atoms with Gasteiger partial charge in [-0.1, -0.05) is 6.07 Å². The zero-order chi connectivity index (χ0) is 10.1. The van der Waals surface area contributed by atoms with E-state index in [-0.39, 0.29) is 6.04 Å². The summed E-state index contributed by atoms with van der Waals surface area (Å²) < 4.78 is 0. The number of pyridine rings is 1. The average Bonchev–Trinajstić information content (AvgIpc) is 2.16. The number of benzene rings is 1. The smallest absolute Gasteiger partial charge is 0.0704 e. The van der Waals surface area contributed by atoms with E-state index in [1.807, 2.05) is 19.2 Å². The zero-order valence-electron chi connectivity index (χ0n) is 8.49. The quantitative estimate of drug-likeness (QED) is 0.743. The van der Waals surface area contributed by atoms with Gasteiger partial charge < -0.3 is 5.73 Å². The summed E-state index contributed by atoms with van der Waals surface area (Å²) in [5.74, 6) is 0. The summed E-state index contributed by atoms with van der Waals surface area (Å²) in [6.07, 6.45) is 1.81. The maximum absolute atomic E-state index is 5.89. The van der Waals surface area contributed by atoms with Crippen molar-refractivity contribution < 1.29 is 0 Å². The Hall–Kier alpha value is -1.41. The van der Waals surface area contributed by atoms with Crippen molar-refractivity contribution in [2.24, 2.45) is 5.73 Å². The maximum Gasteiger partial charge on any atom is 0.0704 e. The van der Waals surface area contributed by atoms with E-state index in [9.17, 15) is 0 Å². The van der Waals surface area contributed by atoms with Gasteiger partial charge in [0.25, 0.3) is 0 Å². The predicted octanol–water partition coefficient (Wildman–Crippen LogP) is 2.56. The zero-order valence-corrected chi connectivity index (χ0v) is 8.49. The Morgan fingerprint density at radius 2 is 2.14 bits per heavy atom. The lowest BCUT2D eigenvalue weighted by Gasteiger charge is -2.10. The Morgan fingerprint density at radius 1 is 1.36 bits per heavy atom. The van der Waals surface area contributed by atoms with E-state index in [1.165, 1.54) is 11.1 Å². The van der Waals surface area contributed by atoms with Gasteiger partial charge in [0.05, 0.1) is 5.52 Å². The van der Waals surface area contributed by atoms with Crippen LogP contribution in [0.15, 0.2) is 30.5 Å². The fraction of sp³-hybridized carbons (Fsp3) is 0.250. The minimum atomic E-state index is 0.0830. The molecule has 2 nitrogen and oxygen atoms in total. The van der Waals surface area contributed by atoms with E-state index in [1.54, 1.807) is 0 Å². The SMILES string of the molecule is Cc1cc2ncccc2cc1C(C)N. The molecule has 14 heavy (non-hydrogen) atoms. The molecule has 72 valence electrons. The van der Waals surface area contributed by atoms with E-state index in [4.69, 9.17) is 5.73 Å². The normalized spacial score (nSPS) is 13.1. The summed E-state index contributed by atoms with van der Waals surface area (Å²) in [7, 11) is 0. The Labute approximate surface area is 83.8 Å². The first-order valence-electron chi connectivity index (χ1n) is 4.79. The number of aromatic nitrogens is 1. The molecular formula is C12H14N2. The van der Waals surface area contributed by atoms with Gasteiger partial charge in [0.1, 0.15) is 0 Å². The molecule has 0 saturated carbocycles. The molecule has 0 saturated heterocycles. The molecule has 0 bridgehead atoms. The minimum Gasteiger partial charge on any atom is -0.324 e. The molecule has 0 fully saturated rings. The van der Waals surface area contributed by atoms with Crippen molar-refractivity contribution in [2.45, 2.75) is 19.9 Å². The second kappa shape index (κ2) is 3.39. The van der Waals surface area contributed by atoms with Crippen LogP contribution in [0.1, 0.15) is 24.1 Å². The minimum absolute atomic E-state index is 0.0830. The van der Waals surface area contributed by atoms with Gasteiger partial charge in [0, 0.05) is 17.6 Å². The average molecular weight is 186 g/mol. The van der Waals surface area contributed by atoms with Crippen LogP contribution in [0.25, 0.3) is 10.9 Å². The molecule has 1 unspecified atom stereocenters. The predicted molar refractivity (Wildman–Crippen MR) is 59.1 cm³/mol. The molecule has 1 atom stereocenters. The molecule has 2 aromatic rings. The molecule has 2 N–H and O–H groups in total. The standard InChI is InChI=1S/C12H14N2/c1-8-6-12-10(4-3-5-14-12)7-11(8)9(2)13/h3-7,9H,13H2,1-2H3. The third-order valence-corrected chi connectivity index (χ3v) is 2.48. The monoisotopic (exact) mass is 186 g/mol. The third kappa shape index (κ3) is 1.49. The fourth-order valence-corrected chi connectivity index (χ4v) is 1.73. The molecular weight excluding hydrogens is 172 g/mol. The molecule has 1 heterocycles. The van der Waals surface area contributed by atoms with Gasteiger partial charge >= 0.3 is 0 Å². The van der Waals surface area contributed by atoms with Gasteiger partial charge in [0.15, 0.2) is 0 Å². The van der Waals surface area contributed by atoms with Crippen molar-refractivity contribution >= 4 is 10.9 Å². The van der Waals surface area contributed by atoms with Crippen LogP contribution in [0.2, 0.25) is 0 Å². The Kier molecular flexibility index (Phi) is 2.22. The Morgan fingerprint density at radius 3 is 2.86 bits per heavy atom. The highest BCUT2D eigenvalue weighted by molar-refractivity contribution is 5.80.